The smallest absolute Gasteiger partial charge is 0.292 e. The van der Waals surface area contributed by atoms with Gasteiger partial charge in [-0.05, 0) is 23.8 Å². The molecule has 0 spiro atoms. The first-order chi connectivity index (χ1) is 12.6. The van der Waals surface area contributed by atoms with E-state index in [1.54, 1.807) is 24.3 Å². The topological polar surface area (TPSA) is 44.0 Å². The maximum absolute atomic E-state index is 14.4. The van der Waals surface area contributed by atoms with Crippen molar-refractivity contribution < 1.29 is 17.6 Å². The van der Waals surface area contributed by atoms with Gasteiger partial charge in [0, 0.05) is 18.7 Å². The Bertz CT molecular complexity index is 1140. The molecular weight excluding hydrogens is 388 g/mol. The molecular formula is C18H10ClF4N2O2. The molecule has 0 fully saturated rings. The van der Waals surface area contributed by atoms with Crippen molar-refractivity contribution in [1.82, 2.24) is 9.13 Å². The second-order valence-corrected chi connectivity index (χ2v) is 6.02. The molecule has 1 heterocycles. The van der Waals surface area contributed by atoms with Gasteiger partial charge in [-0.3, -0.25) is 9.36 Å². The molecule has 139 valence electrons. The van der Waals surface area contributed by atoms with Gasteiger partial charge in [-0.2, -0.15) is 13.2 Å². The zero-order chi connectivity index (χ0) is 19.9. The molecule has 0 aliphatic heterocycles. The van der Waals surface area contributed by atoms with Crippen molar-refractivity contribution in [2.45, 2.75) is 6.18 Å². The van der Waals surface area contributed by atoms with Crippen LogP contribution in [0.1, 0.15) is 5.69 Å². The molecule has 3 rings (SSSR count). The van der Waals surface area contributed by atoms with Gasteiger partial charge in [0.15, 0.2) is 0 Å². The van der Waals surface area contributed by atoms with Gasteiger partial charge < -0.3 is 0 Å². The number of halogens is 5. The zero-order valence-corrected chi connectivity index (χ0v) is 14.4. The maximum Gasteiger partial charge on any atom is 0.431 e. The summed E-state index contributed by atoms with van der Waals surface area (Å²) in [6.07, 6.45) is -4.91. The Morgan fingerprint density at radius 2 is 1.70 bits per heavy atom. The molecule has 0 atom stereocenters. The number of hydrogen-bond donors (Lipinski definition) is 0. The Balaban J connectivity index is 2.32. The summed E-state index contributed by atoms with van der Waals surface area (Å²) in [5, 5.41) is 0.0132. The van der Waals surface area contributed by atoms with E-state index in [0.717, 1.165) is 19.2 Å². The minimum absolute atomic E-state index is 0.0132. The highest BCUT2D eigenvalue weighted by Crippen LogP contribution is 2.31. The van der Waals surface area contributed by atoms with Crippen molar-refractivity contribution in [1.29, 1.82) is 0 Å². The SMILES string of the molecule is Cn1c(C(F)(F)F)cc(=O)n(-c2cc(-c3cc[c]cc3)c(Cl)cc2F)c1=O. The third-order valence-corrected chi connectivity index (χ3v) is 4.23. The molecule has 0 saturated carbocycles. The molecule has 0 bridgehead atoms. The van der Waals surface area contributed by atoms with Gasteiger partial charge in [0.2, 0.25) is 0 Å². The van der Waals surface area contributed by atoms with E-state index in [4.69, 9.17) is 11.6 Å². The highest BCUT2D eigenvalue weighted by atomic mass is 35.5. The largest absolute Gasteiger partial charge is 0.431 e. The van der Waals surface area contributed by atoms with Crippen LogP contribution in [0.15, 0.2) is 52.1 Å². The highest BCUT2D eigenvalue weighted by Gasteiger charge is 2.35. The summed E-state index contributed by atoms with van der Waals surface area (Å²) in [4.78, 5) is 24.6. The molecule has 0 amide bonds. The van der Waals surface area contributed by atoms with Crippen LogP contribution < -0.4 is 11.2 Å². The van der Waals surface area contributed by atoms with Gasteiger partial charge in [-0.15, -0.1) is 0 Å². The highest BCUT2D eigenvalue weighted by molar-refractivity contribution is 6.33. The Hall–Kier alpha value is -2.87. The van der Waals surface area contributed by atoms with Gasteiger partial charge in [0.05, 0.1) is 10.7 Å². The molecule has 0 saturated heterocycles. The third kappa shape index (κ3) is 3.40. The average Bonchev–Trinajstić information content (AvgIpc) is 2.59. The lowest BCUT2D eigenvalue weighted by Crippen LogP contribution is -2.41. The normalized spacial score (nSPS) is 11.6. The Morgan fingerprint density at radius 1 is 1.07 bits per heavy atom. The average molecular weight is 398 g/mol. The number of nitrogens with zero attached hydrogens (tertiary/aromatic N) is 2. The quantitative estimate of drug-likeness (QED) is 0.617. The van der Waals surface area contributed by atoms with E-state index in [2.05, 4.69) is 6.07 Å². The van der Waals surface area contributed by atoms with Crippen LogP contribution in [-0.2, 0) is 13.2 Å². The van der Waals surface area contributed by atoms with Crippen LogP contribution >= 0.6 is 11.6 Å². The van der Waals surface area contributed by atoms with Crippen molar-refractivity contribution in [3.8, 4) is 16.8 Å². The first-order valence-electron chi connectivity index (χ1n) is 7.47. The fourth-order valence-corrected chi connectivity index (χ4v) is 2.88. The van der Waals surface area contributed by atoms with Crippen LogP contribution in [0.25, 0.3) is 16.8 Å². The fourth-order valence-electron chi connectivity index (χ4n) is 2.62. The summed E-state index contributed by atoms with van der Waals surface area (Å²) in [6, 6.07) is 11.5. The number of aromatic nitrogens is 2. The monoisotopic (exact) mass is 397 g/mol. The van der Waals surface area contributed by atoms with Gasteiger partial charge in [-0.25, -0.2) is 13.8 Å². The Morgan fingerprint density at radius 3 is 2.30 bits per heavy atom. The first-order valence-corrected chi connectivity index (χ1v) is 7.85. The van der Waals surface area contributed by atoms with Gasteiger partial charge >= 0.3 is 11.9 Å². The molecule has 9 heteroatoms. The Kier molecular flexibility index (Phi) is 4.69. The summed E-state index contributed by atoms with van der Waals surface area (Å²) >= 11 is 6.05. The van der Waals surface area contributed by atoms with E-state index >= 15 is 0 Å². The van der Waals surface area contributed by atoms with Crippen LogP contribution in [0, 0.1) is 11.9 Å². The molecule has 27 heavy (non-hydrogen) atoms. The minimum Gasteiger partial charge on any atom is -0.292 e. The van der Waals surface area contributed by atoms with Crippen LogP contribution in [0.4, 0.5) is 17.6 Å². The van der Waals surface area contributed by atoms with Crippen LogP contribution in [-0.4, -0.2) is 9.13 Å². The summed E-state index contributed by atoms with van der Waals surface area (Å²) in [5.41, 5.74) is -3.71. The second kappa shape index (κ2) is 6.70. The lowest BCUT2D eigenvalue weighted by Gasteiger charge is -2.15. The van der Waals surface area contributed by atoms with Crippen molar-refractivity contribution in [3.63, 3.8) is 0 Å². The predicted octanol–water partition coefficient (Wildman–Crippen LogP) is 3.81. The molecule has 1 radical (unpaired) electrons. The molecule has 2 aromatic carbocycles. The van der Waals surface area contributed by atoms with Gasteiger partial charge in [0.25, 0.3) is 5.56 Å². The summed E-state index contributed by atoms with van der Waals surface area (Å²) in [7, 11) is 0.850. The molecule has 0 unspecified atom stereocenters. The molecule has 0 N–H and O–H groups in total. The lowest BCUT2D eigenvalue weighted by molar-refractivity contribution is -0.144. The standard InChI is InChI=1S/C18H10ClF4N2O2/c1-24-15(18(21,22)23)9-16(26)25(17(24)27)14-7-11(12(19)8-13(14)20)10-5-3-2-4-6-10/h3-9H,1H3. The van der Waals surface area contributed by atoms with E-state index in [-0.39, 0.29) is 15.7 Å². The predicted molar refractivity (Wildman–Crippen MR) is 91.5 cm³/mol. The van der Waals surface area contributed by atoms with Crippen molar-refractivity contribution >= 4 is 11.6 Å². The summed E-state index contributed by atoms with van der Waals surface area (Å²) < 4.78 is 53.9. The number of hydrogen-bond acceptors (Lipinski definition) is 2. The maximum atomic E-state index is 14.4. The number of alkyl halides is 3. The van der Waals surface area contributed by atoms with E-state index in [1.165, 1.54) is 0 Å². The van der Waals surface area contributed by atoms with E-state index in [9.17, 15) is 27.2 Å². The molecule has 1 aromatic heterocycles. The van der Waals surface area contributed by atoms with Crippen molar-refractivity contribution in [3.05, 3.63) is 85.9 Å². The lowest BCUT2D eigenvalue weighted by atomic mass is 10.0. The summed E-state index contributed by atoms with van der Waals surface area (Å²) in [6.45, 7) is 0. The Labute approximate surface area is 154 Å². The van der Waals surface area contributed by atoms with Crippen LogP contribution in [0.3, 0.4) is 0 Å². The minimum atomic E-state index is -4.91. The number of rotatable bonds is 2. The van der Waals surface area contributed by atoms with E-state index in [1.807, 2.05) is 0 Å². The van der Waals surface area contributed by atoms with E-state index < -0.39 is 34.6 Å². The molecule has 4 nitrogen and oxygen atoms in total. The third-order valence-electron chi connectivity index (χ3n) is 3.92. The first kappa shape index (κ1) is 18.9. The van der Waals surface area contributed by atoms with Gasteiger partial charge in [-0.1, -0.05) is 35.9 Å². The van der Waals surface area contributed by atoms with Gasteiger partial charge in [0.1, 0.15) is 11.5 Å². The van der Waals surface area contributed by atoms with E-state index in [0.29, 0.717) is 15.7 Å². The zero-order valence-electron chi connectivity index (χ0n) is 13.6. The van der Waals surface area contributed by atoms with Crippen LogP contribution in [0.2, 0.25) is 5.02 Å². The summed E-state index contributed by atoms with van der Waals surface area (Å²) in [5.74, 6) is -1.02. The second-order valence-electron chi connectivity index (χ2n) is 5.61. The fraction of sp³-hybridized carbons (Fsp3) is 0.111. The van der Waals surface area contributed by atoms with Crippen molar-refractivity contribution in [2.75, 3.05) is 0 Å². The molecule has 0 aliphatic carbocycles. The van der Waals surface area contributed by atoms with Crippen molar-refractivity contribution in [2.24, 2.45) is 7.05 Å². The molecule has 3 aromatic rings. The van der Waals surface area contributed by atoms with Crippen LogP contribution in [0.5, 0.6) is 0 Å². The molecule has 0 aliphatic rings. The number of benzene rings is 2.